The van der Waals surface area contributed by atoms with Crippen LogP contribution in [0.4, 0.5) is 0 Å². The predicted molar refractivity (Wildman–Crippen MR) is 125 cm³/mol. The summed E-state index contributed by atoms with van der Waals surface area (Å²) in [7, 11) is -1.88. The van der Waals surface area contributed by atoms with E-state index in [1.54, 1.807) is 47.2 Å². The smallest absolute Gasteiger partial charge is 0.243 e. The molecular formula is C24H29N3O6S. The number of nitrogens with zero attached hydrogens (tertiary/aromatic N) is 3. The number of piperazine rings is 1. The minimum absolute atomic E-state index is 0.0828. The quantitative estimate of drug-likeness (QED) is 0.589. The lowest BCUT2D eigenvalue weighted by atomic mass is 10.2. The van der Waals surface area contributed by atoms with Crippen molar-refractivity contribution in [1.82, 2.24) is 14.1 Å². The van der Waals surface area contributed by atoms with E-state index in [0.29, 0.717) is 37.7 Å². The SMILES string of the molecule is CN(C[C@@H]1COc2ccccc2O1)C(=O)CCC(=O)N1CCN(S(=O)(=O)c2ccccc2)CC1. The van der Waals surface area contributed by atoms with E-state index in [1.807, 2.05) is 24.3 Å². The van der Waals surface area contributed by atoms with Crippen molar-refractivity contribution in [3.63, 3.8) is 0 Å². The van der Waals surface area contributed by atoms with Crippen LogP contribution in [0.25, 0.3) is 0 Å². The van der Waals surface area contributed by atoms with Crippen LogP contribution in [0.5, 0.6) is 11.5 Å². The van der Waals surface area contributed by atoms with E-state index < -0.39 is 10.0 Å². The summed E-state index contributed by atoms with van der Waals surface area (Å²) in [5.41, 5.74) is 0. The molecule has 1 atom stereocenters. The fraction of sp³-hybridized carbons (Fsp3) is 0.417. The lowest BCUT2D eigenvalue weighted by Crippen LogP contribution is -2.50. The van der Waals surface area contributed by atoms with Gasteiger partial charge in [-0.2, -0.15) is 4.31 Å². The molecule has 4 rings (SSSR count). The first-order valence-corrected chi connectivity index (χ1v) is 12.7. The minimum atomic E-state index is -3.57. The standard InChI is InChI=1S/C24H29N3O6S/c1-25(17-19-18-32-21-9-5-6-10-22(21)33-19)23(28)11-12-24(29)26-13-15-27(16-14-26)34(30,31)20-7-3-2-4-8-20/h2-10,19H,11-18H2,1H3/t19-/m1/s1. The fourth-order valence-corrected chi connectivity index (χ4v) is 5.49. The maximum Gasteiger partial charge on any atom is 0.243 e. The average molecular weight is 488 g/mol. The molecule has 0 N–H and O–H groups in total. The van der Waals surface area contributed by atoms with E-state index in [1.165, 1.54) is 4.31 Å². The summed E-state index contributed by atoms with van der Waals surface area (Å²) >= 11 is 0. The number of benzene rings is 2. The summed E-state index contributed by atoms with van der Waals surface area (Å²) < 4.78 is 38.5. The molecule has 0 unspecified atom stereocenters. The number of sulfonamides is 1. The molecule has 0 radical (unpaired) electrons. The number of carbonyl (C=O) groups is 2. The van der Waals surface area contributed by atoms with Crippen molar-refractivity contribution < 1.29 is 27.5 Å². The van der Waals surface area contributed by atoms with Gasteiger partial charge < -0.3 is 19.3 Å². The van der Waals surface area contributed by atoms with Gasteiger partial charge in [0, 0.05) is 46.1 Å². The molecule has 2 aliphatic rings. The van der Waals surface area contributed by atoms with Gasteiger partial charge in [-0.15, -0.1) is 0 Å². The van der Waals surface area contributed by atoms with Crippen LogP contribution in [-0.2, 0) is 19.6 Å². The second-order valence-electron chi connectivity index (χ2n) is 8.37. The molecule has 182 valence electrons. The summed E-state index contributed by atoms with van der Waals surface area (Å²) in [5, 5.41) is 0. The van der Waals surface area contributed by atoms with Crippen molar-refractivity contribution in [1.29, 1.82) is 0 Å². The van der Waals surface area contributed by atoms with Gasteiger partial charge in [0.05, 0.1) is 11.4 Å². The average Bonchev–Trinajstić information content (AvgIpc) is 2.87. The molecule has 0 aliphatic carbocycles. The molecule has 10 heteroatoms. The van der Waals surface area contributed by atoms with E-state index >= 15 is 0 Å². The Kier molecular flexibility index (Phi) is 7.38. The third-order valence-electron chi connectivity index (χ3n) is 6.00. The Morgan fingerprint density at radius 2 is 1.59 bits per heavy atom. The van der Waals surface area contributed by atoms with Crippen molar-refractivity contribution in [3.8, 4) is 11.5 Å². The highest BCUT2D eigenvalue weighted by Crippen LogP contribution is 2.31. The van der Waals surface area contributed by atoms with Crippen molar-refractivity contribution in [3.05, 3.63) is 54.6 Å². The third-order valence-corrected chi connectivity index (χ3v) is 7.91. The number of ether oxygens (including phenoxy) is 2. The first-order valence-electron chi connectivity index (χ1n) is 11.3. The Morgan fingerprint density at radius 3 is 2.29 bits per heavy atom. The number of para-hydroxylation sites is 2. The number of hydrogen-bond acceptors (Lipinski definition) is 6. The van der Waals surface area contributed by atoms with Crippen LogP contribution in [0.15, 0.2) is 59.5 Å². The lowest BCUT2D eigenvalue weighted by molar-refractivity contribution is -0.137. The molecule has 2 aromatic rings. The molecule has 1 fully saturated rings. The third kappa shape index (κ3) is 5.51. The number of hydrogen-bond donors (Lipinski definition) is 0. The molecule has 34 heavy (non-hydrogen) atoms. The van der Waals surface area contributed by atoms with E-state index in [2.05, 4.69) is 0 Å². The summed E-state index contributed by atoms with van der Waals surface area (Å²) in [4.78, 5) is 28.6. The molecule has 9 nitrogen and oxygen atoms in total. The normalized spacial score (nSPS) is 18.4. The van der Waals surface area contributed by atoms with Crippen molar-refractivity contribution in [2.24, 2.45) is 0 Å². The summed E-state index contributed by atoms with van der Waals surface area (Å²) in [6.45, 7) is 1.79. The summed E-state index contributed by atoms with van der Waals surface area (Å²) in [5.74, 6) is 1.05. The zero-order valence-electron chi connectivity index (χ0n) is 19.1. The monoisotopic (exact) mass is 487 g/mol. The summed E-state index contributed by atoms with van der Waals surface area (Å²) in [6, 6.07) is 15.7. The number of amides is 2. The van der Waals surface area contributed by atoms with Crippen LogP contribution >= 0.6 is 0 Å². The van der Waals surface area contributed by atoms with Crippen LogP contribution in [0.3, 0.4) is 0 Å². The molecule has 1 saturated heterocycles. The van der Waals surface area contributed by atoms with Gasteiger partial charge in [0.2, 0.25) is 21.8 Å². The fourth-order valence-electron chi connectivity index (χ4n) is 4.04. The Morgan fingerprint density at radius 1 is 0.941 bits per heavy atom. The first-order chi connectivity index (χ1) is 16.3. The molecular weight excluding hydrogens is 458 g/mol. The summed E-state index contributed by atoms with van der Waals surface area (Å²) in [6.07, 6.45) is -0.110. The second kappa shape index (κ2) is 10.4. The highest BCUT2D eigenvalue weighted by molar-refractivity contribution is 7.89. The van der Waals surface area contributed by atoms with Gasteiger partial charge in [-0.3, -0.25) is 9.59 Å². The highest BCUT2D eigenvalue weighted by atomic mass is 32.2. The van der Waals surface area contributed by atoms with Crippen molar-refractivity contribution >= 4 is 21.8 Å². The van der Waals surface area contributed by atoms with E-state index in [4.69, 9.17) is 9.47 Å². The van der Waals surface area contributed by atoms with Gasteiger partial charge in [0.1, 0.15) is 6.61 Å². The number of carbonyl (C=O) groups excluding carboxylic acids is 2. The molecule has 2 aliphatic heterocycles. The topological polar surface area (TPSA) is 96.5 Å². The van der Waals surface area contributed by atoms with Crippen LogP contribution in [0, 0.1) is 0 Å². The van der Waals surface area contributed by atoms with Crippen LogP contribution < -0.4 is 9.47 Å². The van der Waals surface area contributed by atoms with Gasteiger partial charge >= 0.3 is 0 Å². The zero-order chi connectivity index (χ0) is 24.1. The molecule has 0 spiro atoms. The van der Waals surface area contributed by atoms with Crippen LogP contribution in [-0.4, -0.2) is 86.8 Å². The number of fused-ring (bicyclic) bond motifs is 1. The Balaban J connectivity index is 1.21. The van der Waals surface area contributed by atoms with Crippen molar-refractivity contribution in [2.75, 3.05) is 46.4 Å². The Labute approximate surface area is 199 Å². The maximum atomic E-state index is 12.7. The largest absolute Gasteiger partial charge is 0.486 e. The molecule has 0 aromatic heterocycles. The van der Waals surface area contributed by atoms with Gasteiger partial charge in [-0.25, -0.2) is 8.42 Å². The van der Waals surface area contributed by atoms with Crippen LogP contribution in [0.1, 0.15) is 12.8 Å². The van der Waals surface area contributed by atoms with Gasteiger partial charge in [0.15, 0.2) is 17.6 Å². The van der Waals surface area contributed by atoms with Gasteiger partial charge in [-0.1, -0.05) is 30.3 Å². The maximum absolute atomic E-state index is 12.7. The van der Waals surface area contributed by atoms with Crippen LogP contribution in [0.2, 0.25) is 0 Å². The predicted octanol–water partition coefficient (Wildman–Crippen LogP) is 1.60. The molecule has 2 aromatic carbocycles. The number of rotatable bonds is 7. The van der Waals surface area contributed by atoms with E-state index in [9.17, 15) is 18.0 Å². The molecule has 0 bridgehead atoms. The Bertz CT molecular complexity index is 1120. The van der Waals surface area contributed by atoms with Gasteiger partial charge in [0.25, 0.3) is 0 Å². The van der Waals surface area contributed by atoms with E-state index in [-0.39, 0.29) is 48.7 Å². The van der Waals surface area contributed by atoms with E-state index in [0.717, 1.165) is 0 Å². The molecule has 2 amide bonds. The molecule has 0 saturated carbocycles. The Hall–Kier alpha value is -3.11. The molecule has 2 heterocycles. The number of likely N-dealkylation sites (N-methyl/N-ethyl adjacent to an activating group) is 1. The van der Waals surface area contributed by atoms with Gasteiger partial charge in [-0.05, 0) is 24.3 Å². The highest BCUT2D eigenvalue weighted by Gasteiger charge is 2.30. The second-order valence-corrected chi connectivity index (χ2v) is 10.3. The zero-order valence-corrected chi connectivity index (χ0v) is 19.9. The minimum Gasteiger partial charge on any atom is -0.486 e. The van der Waals surface area contributed by atoms with Crippen molar-refractivity contribution in [2.45, 2.75) is 23.8 Å². The lowest BCUT2D eigenvalue weighted by Gasteiger charge is -2.34. The first kappa shape index (κ1) is 24.0.